The van der Waals surface area contributed by atoms with Crippen molar-refractivity contribution >= 4 is 11.8 Å². The van der Waals surface area contributed by atoms with Gasteiger partial charge in [0.25, 0.3) is 11.8 Å². The number of fused-ring (bicyclic) bond motifs is 1. The van der Waals surface area contributed by atoms with Crippen molar-refractivity contribution in [3.8, 4) is 17.6 Å². The van der Waals surface area contributed by atoms with E-state index in [-0.39, 0.29) is 11.8 Å². The summed E-state index contributed by atoms with van der Waals surface area (Å²) in [4.78, 5) is 25.5. The summed E-state index contributed by atoms with van der Waals surface area (Å²) in [5.41, 5.74) is 1.43. The Kier molecular flexibility index (Phi) is 4.24. The third-order valence-electron chi connectivity index (χ3n) is 4.35. The van der Waals surface area contributed by atoms with Gasteiger partial charge in [-0.1, -0.05) is 12.0 Å². The fourth-order valence-corrected chi connectivity index (χ4v) is 3.24. The molecule has 120 valence electrons. The van der Waals surface area contributed by atoms with Gasteiger partial charge in [0.2, 0.25) is 0 Å². The first-order valence-electron chi connectivity index (χ1n) is 7.90. The molecule has 0 aromatic heterocycles. The molecule has 0 atom stereocenters. The fourth-order valence-electron chi connectivity index (χ4n) is 3.24. The lowest BCUT2D eigenvalue weighted by atomic mass is 9.95. The minimum atomic E-state index is -0.799. The van der Waals surface area contributed by atoms with E-state index < -0.39 is 5.92 Å². The Labute approximate surface area is 136 Å². The van der Waals surface area contributed by atoms with Gasteiger partial charge in [0.1, 0.15) is 11.7 Å². The average Bonchev–Trinajstić information content (AvgIpc) is 2.75. The molecule has 5 nitrogen and oxygen atoms in total. The highest BCUT2D eigenvalue weighted by Gasteiger charge is 2.47. The predicted octanol–water partition coefficient (Wildman–Crippen LogP) is 1.92. The third kappa shape index (κ3) is 2.65. The predicted molar refractivity (Wildman–Crippen MR) is 85.6 cm³/mol. The molecule has 0 saturated carbocycles. The zero-order valence-electron chi connectivity index (χ0n) is 13.5. The van der Waals surface area contributed by atoms with Crippen LogP contribution in [-0.2, 0) is 9.59 Å². The second-order valence-electron chi connectivity index (χ2n) is 5.75. The molecule has 1 aromatic carbocycles. The van der Waals surface area contributed by atoms with E-state index in [0.717, 1.165) is 24.8 Å². The third-order valence-corrected chi connectivity index (χ3v) is 4.35. The van der Waals surface area contributed by atoms with Crippen LogP contribution in [0.3, 0.4) is 0 Å². The lowest BCUT2D eigenvalue weighted by Crippen LogP contribution is -2.40. The molecule has 23 heavy (non-hydrogen) atoms. The van der Waals surface area contributed by atoms with Crippen LogP contribution < -0.4 is 4.74 Å². The topological polar surface area (TPSA) is 49.9 Å². The summed E-state index contributed by atoms with van der Waals surface area (Å²) < 4.78 is 5.41. The molecule has 2 fully saturated rings. The maximum atomic E-state index is 12.8. The molecule has 2 aliphatic heterocycles. The van der Waals surface area contributed by atoms with Crippen LogP contribution in [0.4, 0.5) is 0 Å². The lowest BCUT2D eigenvalue weighted by molar-refractivity contribution is -0.145. The second kappa shape index (κ2) is 6.33. The van der Waals surface area contributed by atoms with Crippen molar-refractivity contribution in [2.24, 2.45) is 0 Å². The molecule has 2 amide bonds. The van der Waals surface area contributed by atoms with Crippen molar-refractivity contribution in [1.82, 2.24) is 10.0 Å². The Morgan fingerprint density at radius 1 is 1.09 bits per heavy atom. The molecular formula is C18H20N2O3. The molecule has 0 spiro atoms. The number of hydrogen-bond acceptors (Lipinski definition) is 3. The first kappa shape index (κ1) is 15.4. The molecule has 2 aliphatic rings. The standard InChI is InChI=1S/C18H20N2O3/c1-3-7-13-8-9-14(15(12-13)23-2)16-17(21)19-10-5-4-6-11-20(19)18(16)22/h8-9,12,16H,4-6,10-11H2,1-2H3. The van der Waals surface area contributed by atoms with Crippen LogP contribution in [0.2, 0.25) is 0 Å². The zero-order chi connectivity index (χ0) is 16.4. The van der Waals surface area contributed by atoms with E-state index in [4.69, 9.17) is 4.74 Å². The van der Waals surface area contributed by atoms with Crippen molar-refractivity contribution in [2.75, 3.05) is 20.2 Å². The highest BCUT2D eigenvalue weighted by molar-refractivity contribution is 6.10. The van der Waals surface area contributed by atoms with E-state index in [0.29, 0.717) is 24.4 Å². The molecule has 0 unspecified atom stereocenters. The minimum absolute atomic E-state index is 0.149. The van der Waals surface area contributed by atoms with Crippen molar-refractivity contribution in [3.63, 3.8) is 0 Å². The molecule has 2 saturated heterocycles. The number of benzene rings is 1. The maximum absolute atomic E-state index is 12.8. The van der Waals surface area contributed by atoms with E-state index >= 15 is 0 Å². The van der Waals surface area contributed by atoms with Gasteiger partial charge in [-0.15, -0.1) is 5.92 Å². The van der Waals surface area contributed by atoms with Crippen molar-refractivity contribution in [1.29, 1.82) is 0 Å². The van der Waals surface area contributed by atoms with Gasteiger partial charge in [-0.05, 0) is 38.3 Å². The molecular weight excluding hydrogens is 292 g/mol. The molecule has 1 aromatic rings. The summed E-state index contributed by atoms with van der Waals surface area (Å²) in [6.07, 6.45) is 2.92. The molecule has 2 heterocycles. The van der Waals surface area contributed by atoms with Gasteiger partial charge in [0.15, 0.2) is 0 Å². The van der Waals surface area contributed by atoms with Crippen LogP contribution in [0.25, 0.3) is 0 Å². The first-order chi connectivity index (χ1) is 11.2. The van der Waals surface area contributed by atoms with E-state index in [1.165, 1.54) is 0 Å². The normalized spacial score (nSPS) is 18.3. The summed E-state index contributed by atoms with van der Waals surface area (Å²) >= 11 is 0. The fraction of sp³-hybridized carbons (Fsp3) is 0.444. The SMILES string of the molecule is CC#Cc1ccc(C2C(=O)N3CCCCCN3C2=O)c(OC)c1. The van der Waals surface area contributed by atoms with Crippen molar-refractivity contribution < 1.29 is 14.3 Å². The largest absolute Gasteiger partial charge is 0.496 e. The van der Waals surface area contributed by atoms with Gasteiger partial charge in [-0.25, -0.2) is 0 Å². The molecule has 3 rings (SSSR count). The first-order valence-corrected chi connectivity index (χ1v) is 7.90. The highest BCUT2D eigenvalue weighted by atomic mass is 16.5. The maximum Gasteiger partial charge on any atom is 0.258 e. The van der Waals surface area contributed by atoms with Crippen LogP contribution in [0.1, 0.15) is 43.2 Å². The number of nitrogens with zero attached hydrogens (tertiary/aromatic N) is 2. The van der Waals surface area contributed by atoms with Crippen LogP contribution >= 0.6 is 0 Å². The molecule has 0 bridgehead atoms. The van der Waals surface area contributed by atoms with Gasteiger partial charge in [-0.2, -0.15) is 0 Å². The number of rotatable bonds is 2. The smallest absolute Gasteiger partial charge is 0.258 e. The summed E-state index contributed by atoms with van der Waals surface area (Å²) in [7, 11) is 1.55. The van der Waals surface area contributed by atoms with Crippen LogP contribution in [0.15, 0.2) is 18.2 Å². The lowest BCUT2D eigenvalue weighted by Gasteiger charge is -2.24. The number of methoxy groups -OCH3 is 1. The van der Waals surface area contributed by atoms with Gasteiger partial charge in [0, 0.05) is 24.2 Å². The Morgan fingerprint density at radius 2 is 1.74 bits per heavy atom. The monoisotopic (exact) mass is 312 g/mol. The van der Waals surface area contributed by atoms with Crippen molar-refractivity contribution in [2.45, 2.75) is 32.1 Å². The Bertz CT molecular complexity index is 678. The number of carbonyl (C=O) groups excluding carboxylic acids is 2. The number of ether oxygens (including phenoxy) is 1. The van der Waals surface area contributed by atoms with E-state index in [1.807, 2.05) is 6.07 Å². The summed E-state index contributed by atoms with van der Waals surface area (Å²) in [5, 5.41) is 3.22. The average molecular weight is 312 g/mol. The van der Waals surface area contributed by atoms with Crippen molar-refractivity contribution in [3.05, 3.63) is 29.3 Å². The van der Waals surface area contributed by atoms with Crippen LogP contribution in [0, 0.1) is 11.8 Å². The van der Waals surface area contributed by atoms with E-state index in [2.05, 4.69) is 11.8 Å². The highest BCUT2D eigenvalue weighted by Crippen LogP contribution is 2.36. The zero-order valence-corrected chi connectivity index (χ0v) is 13.5. The van der Waals surface area contributed by atoms with E-state index in [9.17, 15) is 9.59 Å². The molecule has 0 N–H and O–H groups in total. The number of hydrazine groups is 1. The Balaban J connectivity index is 1.99. The second-order valence-corrected chi connectivity index (χ2v) is 5.75. The Morgan fingerprint density at radius 3 is 2.30 bits per heavy atom. The quantitative estimate of drug-likeness (QED) is 0.619. The number of amides is 2. The summed E-state index contributed by atoms with van der Waals surface area (Å²) in [6.45, 7) is 2.99. The number of hydrogen-bond donors (Lipinski definition) is 0. The van der Waals surface area contributed by atoms with Gasteiger partial charge < -0.3 is 4.74 Å². The Hall–Kier alpha value is -2.48. The van der Waals surface area contributed by atoms with Crippen LogP contribution in [0.5, 0.6) is 5.75 Å². The summed E-state index contributed by atoms with van der Waals surface area (Å²) in [6, 6.07) is 5.39. The molecule has 0 radical (unpaired) electrons. The number of carbonyl (C=O) groups is 2. The van der Waals surface area contributed by atoms with E-state index in [1.54, 1.807) is 36.2 Å². The minimum Gasteiger partial charge on any atom is -0.496 e. The van der Waals surface area contributed by atoms with Crippen LogP contribution in [-0.4, -0.2) is 42.0 Å². The summed E-state index contributed by atoms with van der Waals surface area (Å²) in [5.74, 6) is 5.23. The molecule has 5 heteroatoms. The van der Waals surface area contributed by atoms with Gasteiger partial charge in [-0.3, -0.25) is 19.6 Å². The molecule has 0 aliphatic carbocycles. The van der Waals surface area contributed by atoms with Gasteiger partial charge in [0.05, 0.1) is 7.11 Å². The van der Waals surface area contributed by atoms with Gasteiger partial charge >= 0.3 is 0 Å².